The third-order valence-corrected chi connectivity index (χ3v) is 3.91. The Morgan fingerprint density at radius 1 is 1.33 bits per heavy atom. The Morgan fingerprint density at radius 3 is 2.60 bits per heavy atom. The van der Waals surface area contributed by atoms with Crippen molar-refractivity contribution in [2.75, 3.05) is 11.9 Å². The minimum absolute atomic E-state index is 0.0573. The van der Waals surface area contributed by atoms with Gasteiger partial charge < -0.3 is 15.4 Å². The largest absolute Gasteiger partial charge is 0.467 e. The number of ether oxygens (including phenoxy) is 1. The van der Waals surface area contributed by atoms with Gasteiger partial charge in [0.05, 0.1) is 12.1 Å². The third-order valence-electron chi connectivity index (χ3n) is 3.64. The van der Waals surface area contributed by atoms with E-state index in [1.165, 1.54) is 25.1 Å². The van der Waals surface area contributed by atoms with E-state index in [1.807, 2.05) is 0 Å². The summed E-state index contributed by atoms with van der Waals surface area (Å²) in [5.41, 5.74) is -0.241. The fourth-order valence-corrected chi connectivity index (χ4v) is 2.53. The molecular formula is C19H18ClF3N4O3. The van der Waals surface area contributed by atoms with E-state index in [0.29, 0.717) is 18.0 Å². The maximum absolute atomic E-state index is 12.7. The van der Waals surface area contributed by atoms with Crippen LogP contribution < -0.4 is 15.4 Å². The molecule has 0 fully saturated rings. The summed E-state index contributed by atoms with van der Waals surface area (Å²) in [6, 6.07) is 3.63. The van der Waals surface area contributed by atoms with Crippen molar-refractivity contribution >= 4 is 29.2 Å². The molecule has 0 saturated heterocycles. The van der Waals surface area contributed by atoms with Crippen LogP contribution in [0.15, 0.2) is 37.1 Å². The van der Waals surface area contributed by atoms with Crippen LogP contribution in [0.2, 0.25) is 5.02 Å². The minimum Gasteiger partial charge on any atom is -0.467 e. The summed E-state index contributed by atoms with van der Waals surface area (Å²) in [7, 11) is 0. The van der Waals surface area contributed by atoms with E-state index < -0.39 is 23.8 Å². The van der Waals surface area contributed by atoms with Gasteiger partial charge in [0.25, 0.3) is 5.91 Å². The molecule has 11 heteroatoms. The molecule has 0 radical (unpaired) electrons. The number of nitrogens with one attached hydrogen (secondary N) is 2. The van der Waals surface area contributed by atoms with Crippen LogP contribution in [0.5, 0.6) is 5.88 Å². The summed E-state index contributed by atoms with van der Waals surface area (Å²) in [6.07, 6.45) is -3.45. The lowest BCUT2D eigenvalue weighted by molar-refractivity contribution is -0.137. The number of amides is 2. The second-order valence-electron chi connectivity index (χ2n) is 6.17. The zero-order chi connectivity index (χ0) is 22.5. The molecule has 30 heavy (non-hydrogen) atoms. The van der Waals surface area contributed by atoms with E-state index in [2.05, 4.69) is 27.2 Å². The van der Waals surface area contributed by atoms with Gasteiger partial charge in [0, 0.05) is 24.4 Å². The molecule has 0 aliphatic rings. The summed E-state index contributed by atoms with van der Waals surface area (Å²) < 4.78 is 43.5. The molecule has 0 aliphatic heterocycles. The van der Waals surface area contributed by atoms with Gasteiger partial charge in [0.15, 0.2) is 0 Å². The van der Waals surface area contributed by atoms with Crippen LogP contribution in [0.25, 0.3) is 0 Å². The van der Waals surface area contributed by atoms with Crippen LogP contribution in [0.4, 0.5) is 19.0 Å². The Kier molecular flexibility index (Phi) is 7.38. The van der Waals surface area contributed by atoms with E-state index in [0.717, 1.165) is 0 Å². The monoisotopic (exact) mass is 442 g/mol. The number of hydrogen-bond acceptors (Lipinski definition) is 5. The molecule has 160 valence electrons. The fraction of sp³-hybridized carbons (Fsp3) is 0.263. The van der Waals surface area contributed by atoms with Crippen molar-refractivity contribution < 1.29 is 27.5 Å². The minimum atomic E-state index is -4.58. The van der Waals surface area contributed by atoms with Crippen LogP contribution in [0.1, 0.15) is 28.5 Å². The Balaban J connectivity index is 2.05. The van der Waals surface area contributed by atoms with Crippen molar-refractivity contribution in [3.05, 3.63) is 58.9 Å². The lowest BCUT2D eigenvalue weighted by Gasteiger charge is -2.17. The zero-order valence-corrected chi connectivity index (χ0v) is 16.8. The molecule has 2 N–H and O–H groups in total. The average Bonchev–Trinajstić information content (AvgIpc) is 2.64. The first-order chi connectivity index (χ1) is 14.0. The number of nitrogens with zero attached hydrogens (tertiary/aromatic N) is 2. The van der Waals surface area contributed by atoms with E-state index in [4.69, 9.17) is 16.3 Å². The first-order valence-corrected chi connectivity index (χ1v) is 8.94. The van der Waals surface area contributed by atoms with Crippen LogP contribution in [0.3, 0.4) is 0 Å². The molecule has 2 aromatic heterocycles. The molecule has 0 bridgehead atoms. The van der Waals surface area contributed by atoms with E-state index in [1.54, 1.807) is 6.92 Å². The lowest BCUT2D eigenvalue weighted by Crippen LogP contribution is -2.34. The van der Waals surface area contributed by atoms with Crippen molar-refractivity contribution in [3.63, 3.8) is 0 Å². The van der Waals surface area contributed by atoms with Gasteiger partial charge in [-0.05, 0) is 31.2 Å². The number of rotatable bonds is 7. The molecule has 0 saturated carbocycles. The Morgan fingerprint density at radius 2 is 2.03 bits per heavy atom. The predicted octanol–water partition coefficient (Wildman–Crippen LogP) is 3.78. The second kappa shape index (κ2) is 9.57. The van der Waals surface area contributed by atoms with Gasteiger partial charge >= 0.3 is 6.18 Å². The SMILES string of the molecule is C=C[C@H](CNC(=O)c1cc(C)nc(NC(C)=O)c1)Oc1ncc(C(F)(F)F)cc1Cl. The Bertz CT molecular complexity index is 967. The summed E-state index contributed by atoms with van der Waals surface area (Å²) in [6.45, 7) is 6.49. The van der Waals surface area contributed by atoms with Gasteiger partial charge in [-0.15, -0.1) is 0 Å². The molecule has 1 atom stereocenters. The van der Waals surface area contributed by atoms with Crippen molar-refractivity contribution in [3.8, 4) is 5.88 Å². The highest BCUT2D eigenvalue weighted by molar-refractivity contribution is 6.31. The summed E-state index contributed by atoms with van der Waals surface area (Å²) in [5.74, 6) is -0.809. The zero-order valence-electron chi connectivity index (χ0n) is 16.0. The standard InChI is InChI=1S/C19H18ClF3N4O3/c1-4-14(30-18-15(20)7-13(8-25-18)19(21,22)23)9-24-17(29)12-5-10(2)26-16(6-12)27-11(3)28/h4-8,14H,1,9H2,2-3H3,(H,24,29)(H,26,27,28)/t14-/m1/s1. The predicted molar refractivity (Wildman–Crippen MR) is 104 cm³/mol. The maximum atomic E-state index is 12.7. The van der Waals surface area contributed by atoms with Crippen molar-refractivity contribution in [1.29, 1.82) is 0 Å². The molecule has 0 spiro atoms. The molecule has 2 aromatic rings. The molecule has 0 aliphatic carbocycles. The highest BCUT2D eigenvalue weighted by Crippen LogP contribution is 2.33. The van der Waals surface area contributed by atoms with E-state index in [-0.39, 0.29) is 34.7 Å². The normalized spacial score (nSPS) is 12.1. The number of aryl methyl sites for hydroxylation is 1. The highest BCUT2D eigenvalue weighted by atomic mass is 35.5. The summed E-state index contributed by atoms with van der Waals surface area (Å²) in [4.78, 5) is 31.3. The topological polar surface area (TPSA) is 93.2 Å². The number of alkyl halides is 3. The molecule has 7 nitrogen and oxygen atoms in total. The van der Waals surface area contributed by atoms with Gasteiger partial charge in [0.1, 0.15) is 16.9 Å². The van der Waals surface area contributed by atoms with Crippen LogP contribution in [-0.2, 0) is 11.0 Å². The molecule has 2 rings (SSSR count). The maximum Gasteiger partial charge on any atom is 0.417 e. The number of anilines is 1. The second-order valence-corrected chi connectivity index (χ2v) is 6.58. The molecule has 0 unspecified atom stereocenters. The number of carbonyl (C=O) groups is 2. The first kappa shape index (κ1) is 23.1. The van der Waals surface area contributed by atoms with Crippen molar-refractivity contribution in [1.82, 2.24) is 15.3 Å². The van der Waals surface area contributed by atoms with Gasteiger partial charge in [0.2, 0.25) is 11.8 Å². The smallest absolute Gasteiger partial charge is 0.417 e. The van der Waals surface area contributed by atoms with Gasteiger partial charge in [-0.1, -0.05) is 18.2 Å². The number of hydrogen-bond donors (Lipinski definition) is 2. The molecule has 2 heterocycles. The average molecular weight is 443 g/mol. The van der Waals surface area contributed by atoms with Gasteiger partial charge in [-0.25, -0.2) is 9.97 Å². The number of aromatic nitrogens is 2. The lowest BCUT2D eigenvalue weighted by atomic mass is 10.2. The number of carbonyl (C=O) groups excluding carboxylic acids is 2. The van der Waals surface area contributed by atoms with Gasteiger partial charge in [-0.2, -0.15) is 13.2 Å². The quantitative estimate of drug-likeness (QED) is 0.636. The molecule has 0 aromatic carbocycles. The Labute approximate surface area is 175 Å². The third kappa shape index (κ3) is 6.45. The van der Waals surface area contributed by atoms with Crippen molar-refractivity contribution in [2.24, 2.45) is 0 Å². The number of pyridine rings is 2. The summed E-state index contributed by atoms with van der Waals surface area (Å²) in [5, 5.41) is 4.78. The van der Waals surface area contributed by atoms with Crippen LogP contribution in [0, 0.1) is 6.92 Å². The van der Waals surface area contributed by atoms with E-state index >= 15 is 0 Å². The fourth-order valence-electron chi connectivity index (χ4n) is 2.32. The molecule has 2 amide bonds. The van der Waals surface area contributed by atoms with Crippen molar-refractivity contribution in [2.45, 2.75) is 26.1 Å². The molecular weight excluding hydrogens is 425 g/mol. The summed E-state index contributed by atoms with van der Waals surface area (Å²) >= 11 is 5.82. The number of halogens is 4. The first-order valence-electron chi connectivity index (χ1n) is 8.56. The van der Waals surface area contributed by atoms with Crippen LogP contribution in [-0.4, -0.2) is 34.4 Å². The highest BCUT2D eigenvalue weighted by Gasteiger charge is 2.32. The Hall–Kier alpha value is -3.14. The van der Waals surface area contributed by atoms with E-state index in [9.17, 15) is 22.8 Å². The van der Waals surface area contributed by atoms with Crippen LogP contribution >= 0.6 is 11.6 Å². The van der Waals surface area contributed by atoms with Gasteiger partial charge in [-0.3, -0.25) is 9.59 Å².